The maximum atomic E-state index is 12.5. The monoisotopic (exact) mass is 425 g/mol. The lowest BCUT2D eigenvalue weighted by Gasteiger charge is -2.26. The van der Waals surface area contributed by atoms with Gasteiger partial charge in [0.1, 0.15) is 0 Å². The van der Waals surface area contributed by atoms with E-state index >= 15 is 0 Å². The molecule has 2 aromatic carbocycles. The maximum Gasteiger partial charge on any atom is 0.237 e. The molecule has 0 unspecified atom stereocenters. The number of aryl methyl sites for hydroxylation is 1. The molecule has 2 aromatic rings. The maximum absolute atomic E-state index is 12.5. The van der Waals surface area contributed by atoms with Gasteiger partial charge in [0.2, 0.25) is 11.8 Å². The highest BCUT2D eigenvalue weighted by Gasteiger charge is 2.24. The molecule has 0 aromatic heterocycles. The second-order valence-electron chi connectivity index (χ2n) is 7.62. The van der Waals surface area contributed by atoms with E-state index < -0.39 is 0 Å². The molecule has 7 heteroatoms. The van der Waals surface area contributed by atoms with E-state index in [0.717, 1.165) is 62.6 Å². The Bertz CT molecular complexity index is 882. The molecule has 1 atom stereocenters. The van der Waals surface area contributed by atoms with Crippen LogP contribution < -0.4 is 10.6 Å². The van der Waals surface area contributed by atoms with Crippen molar-refractivity contribution in [2.24, 2.45) is 0 Å². The standard InChI is InChI=1S/C23H27N3O3S/c27-22(16-30-21-10-7-18-3-1-2-4-20(18)25-23(21)28)24-19-8-5-17(6-9-19)15-26-11-13-29-14-12-26/h1-6,8-9,21H,7,10-16H2,(H,24,27)(H,25,28)/t21-/m0/s1. The molecule has 2 N–H and O–H groups in total. The van der Waals surface area contributed by atoms with Crippen molar-refractivity contribution in [3.8, 4) is 0 Å². The van der Waals surface area contributed by atoms with Crippen molar-refractivity contribution < 1.29 is 14.3 Å². The summed E-state index contributed by atoms with van der Waals surface area (Å²) in [5.41, 5.74) is 4.03. The van der Waals surface area contributed by atoms with Gasteiger partial charge in [-0.25, -0.2) is 0 Å². The minimum atomic E-state index is -0.223. The first kappa shape index (κ1) is 20.9. The quantitative estimate of drug-likeness (QED) is 0.744. The molecule has 0 bridgehead atoms. The lowest BCUT2D eigenvalue weighted by molar-refractivity contribution is -0.115. The summed E-state index contributed by atoms with van der Waals surface area (Å²) >= 11 is 1.40. The van der Waals surface area contributed by atoms with Crippen LogP contribution in [0.15, 0.2) is 48.5 Å². The summed E-state index contributed by atoms with van der Waals surface area (Å²) in [6, 6.07) is 15.8. The molecule has 0 radical (unpaired) electrons. The van der Waals surface area contributed by atoms with E-state index in [1.54, 1.807) is 0 Å². The zero-order chi connectivity index (χ0) is 20.8. The summed E-state index contributed by atoms with van der Waals surface area (Å²) in [4.78, 5) is 27.2. The van der Waals surface area contributed by atoms with Gasteiger partial charge < -0.3 is 15.4 Å². The summed E-state index contributed by atoms with van der Waals surface area (Å²) < 4.78 is 5.38. The number of hydrogen-bond acceptors (Lipinski definition) is 5. The summed E-state index contributed by atoms with van der Waals surface area (Å²) in [5.74, 6) is 0.143. The Labute approximate surface area is 181 Å². The summed E-state index contributed by atoms with van der Waals surface area (Å²) in [5, 5.41) is 5.69. The van der Waals surface area contributed by atoms with Crippen LogP contribution in [0.3, 0.4) is 0 Å². The van der Waals surface area contributed by atoms with Crippen molar-refractivity contribution >= 4 is 35.0 Å². The van der Waals surface area contributed by atoms with Crippen LogP contribution >= 0.6 is 11.8 Å². The molecule has 0 spiro atoms. The van der Waals surface area contributed by atoms with Gasteiger partial charge in [-0.05, 0) is 42.2 Å². The Kier molecular flexibility index (Phi) is 7.04. The van der Waals surface area contributed by atoms with Crippen LogP contribution in [0.2, 0.25) is 0 Å². The number of fused-ring (bicyclic) bond motifs is 1. The SMILES string of the molecule is O=C(CS[C@H]1CCc2ccccc2NC1=O)Nc1ccc(CN2CCOCC2)cc1. The largest absolute Gasteiger partial charge is 0.379 e. The van der Waals surface area contributed by atoms with Crippen molar-refractivity contribution in [1.29, 1.82) is 0 Å². The van der Waals surface area contributed by atoms with E-state index in [4.69, 9.17) is 4.74 Å². The van der Waals surface area contributed by atoms with Gasteiger partial charge in [-0.15, -0.1) is 11.8 Å². The molecular formula is C23H27N3O3S. The number of hydrogen-bond donors (Lipinski definition) is 2. The molecule has 4 rings (SSSR count). The van der Waals surface area contributed by atoms with Gasteiger partial charge in [0.25, 0.3) is 0 Å². The third-order valence-electron chi connectivity index (χ3n) is 5.41. The first-order valence-electron chi connectivity index (χ1n) is 10.4. The Balaban J connectivity index is 1.24. The fraction of sp³-hybridized carbons (Fsp3) is 0.391. The molecule has 6 nitrogen and oxygen atoms in total. The van der Waals surface area contributed by atoms with Crippen LogP contribution in [0.1, 0.15) is 17.5 Å². The normalized spacial score (nSPS) is 19.5. The third-order valence-corrected chi connectivity index (χ3v) is 6.69. The minimum absolute atomic E-state index is 0.0229. The van der Waals surface area contributed by atoms with Crippen LogP contribution in [0.25, 0.3) is 0 Å². The molecule has 1 saturated heterocycles. The Morgan fingerprint density at radius 3 is 2.70 bits per heavy atom. The van der Waals surface area contributed by atoms with Crippen molar-refractivity contribution in [2.75, 3.05) is 42.7 Å². The van der Waals surface area contributed by atoms with Gasteiger partial charge in [-0.2, -0.15) is 0 Å². The van der Waals surface area contributed by atoms with Crippen LogP contribution in [-0.2, 0) is 27.3 Å². The molecular weight excluding hydrogens is 398 g/mol. The van der Waals surface area contributed by atoms with E-state index in [1.165, 1.54) is 17.3 Å². The van der Waals surface area contributed by atoms with Crippen LogP contribution in [-0.4, -0.2) is 54.0 Å². The van der Waals surface area contributed by atoms with E-state index in [2.05, 4.69) is 15.5 Å². The van der Waals surface area contributed by atoms with Crippen LogP contribution in [0, 0.1) is 0 Å². The highest BCUT2D eigenvalue weighted by Crippen LogP contribution is 2.27. The fourth-order valence-electron chi connectivity index (χ4n) is 3.73. The van der Waals surface area contributed by atoms with E-state index in [-0.39, 0.29) is 22.8 Å². The average molecular weight is 426 g/mol. The highest BCUT2D eigenvalue weighted by atomic mass is 32.2. The molecule has 1 fully saturated rings. The zero-order valence-electron chi connectivity index (χ0n) is 16.9. The number of thioether (sulfide) groups is 1. The van der Waals surface area contributed by atoms with Gasteiger partial charge >= 0.3 is 0 Å². The predicted octanol–water partition coefficient (Wildman–Crippen LogP) is 3.14. The molecule has 158 valence electrons. The Morgan fingerprint density at radius 1 is 1.13 bits per heavy atom. The second kappa shape index (κ2) is 10.1. The van der Waals surface area contributed by atoms with Gasteiger partial charge in [-0.3, -0.25) is 14.5 Å². The second-order valence-corrected chi connectivity index (χ2v) is 8.81. The van der Waals surface area contributed by atoms with Crippen molar-refractivity contribution in [1.82, 2.24) is 4.90 Å². The lowest BCUT2D eigenvalue weighted by Crippen LogP contribution is -2.35. The lowest BCUT2D eigenvalue weighted by atomic mass is 10.1. The number of carbonyl (C=O) groups excluding carboxylic acids is 2. The smallest absolute Gasteiger partial charge is 0.237 e. The van der Waals surface area contributed by atoms with Crippen molar-refractivity contribution in [3.05, 3.63) is 59.7 Å². The number of ether oxygens (including phenoxy) is 1. The van der Waals surface area contributed by atoms with Crippen LogP contribution in [0.4, 0.5) is 11.4 Å². The van der Waals surface area contributed by atoms with Gasteiger partial charge in [0.15, 0.2) is 0 Å². The molecule has 0 aliphatic carbocycles. The number of morpholine rings is 1. The number of benzene rings is 2. The van der Waals surface area contributed by atoms with E-state index in [9.17, 15) is 9.59 Å². The highest BCUT2D eigenvalue weighted by molar-refractivity contribution is 8.01. The van der Waals surface area contributed by atoms with Crippen LogP contribution in [0.5, 0.6) is 0 Å². The van der Waals surface area contributed by atoms with Crippen molar-refractivity contribution in [3.63, 3.8) is 0 Å². The number of nitrogens with zero attached hydrogens (tertiary/aromatic N) is 1. The first-order valence-corrected chi connectivity index (χ1v) is 11.4. The number of carbonyl (C=O) groups is 2. The number of amides is 2. The molecule has 2 aliphatic heterocycles. The molecule has 30 heavy (non-hydrogen) atoms. The van der Waals surface area contributed by atoms with Crippen molar-refractivity contribution in [2.45, 2.75) is 24.6 Å². The Morgan fingerprint density at radius 2 is 1.90 bits per heavy atom. The van der Waals surface area contributed by atoms with Gasteiger partial charge in [0.05, 0.1) is 24.2 Å². The molecule has 0 saturated carbocycles. The van der Waals surface area contributed by atoms with Gasteiger partial charge in [-0.1, -0.05) is 30.3 Å². The average Bonchev–Trinajstić information content (AvgIpc) is 2.92. The number of nitrogens with one attached hydrogen (secondary N) is 2. The van der Waals surface area contributed by atoms with E-state index in [1.807, 2.05) is 48.5 Å². The minimum Gasteiger partial charge on any atom is -0.379 e. The number of anilines is 2. The number of rotatable bonds is 6. The number of para-hydroxylation sites is 1. The summed E-state index contributed by atoms with van der Waals surface area (Å²) in [6.07, 6.45) is 1.57. The fourth-order valence-corrected chi connectivity index (χ4v) is 4.65. The zero-order valence-corrected chi connectivity index (χ0v) is 17.7. The predicted molar refractivity (Wildman–Crippen MR) is 121 cm³/mol. The molecule has 2 heterocycles. The van der Waals surface area contributed by atoms with E-state index in [0.29, 0.717) is 0 Å². The summed E-state index contributed by atoms with van der Waals surface area (Å²) in [6.45, 7) is 4.38. The first-order chi connectivity index (χ1) is 14.7. The molecule has 2 aliphatic rings. The Hall–Kier alpha value is -2.35. The molecule has 2 amide bonds. The topological polar surface area (TPSA) is 70.7 Å². The van der Waals surface area contributed by atoms with Gasteiger partial charge in [0, 0.05) is 31.0 Å². The third kappa shape index (κ3) is 5.62. The summed E-state index contributed by atoms with van der Waals surface area (Å²) in [7, 11) is 0.